The molecule has 0 bridgehead atoms. The predicted octanol–water partition coefficient (Wildman–Crippen LogP) is 1.04. The van der Waals surface area contributed by atoms with E-state index in [1.54, 1.807) is 18.3 Å². The number of carbonyl (C=O) groups is 1. The maximum Gasteiger partial charge on any atom is 0.280 e. The maximum atomic E-state index is 12.9. The molecule has 7 heteroatoms. The van der Waals surface area contributed by atoms with Gasteiger partial charge in [0.15, 0.2) is 5.69 Å². The fourth-order valence-corrected chi connectivity index (χ4v) is 1.84. The smallest absolute Gasteiger partial charge is 0.280 e. The van der Waals surface area contributed by atoms with Gasteiger partial charge in [-0.2, -0.15) is 0 Å². The van der Waals surface area contributed by atoms with E-state index in [9.17, 15) is 9.18 Å². The Hall–Kier alpha value is -2.28. The van der Waals surface area contributed by atoms with Gasteiger partial charge in [0.25, 0.3) is 5.91 Å². The van der Waals surface area contributed by atoms with Gasteiger partial charge < -0.3 is 10.6 Å². The highest BCUT2D eigenvalue weighted by Gasteiger charge is 2.19. The fourth-order valence-electron chi connectivity index (χ4n) is 1.84. The van der Waals surface area contributed by atoms with Gasteiger partial charge in [0.2, 0.25) is 0 Å². The van der Waals surface area contributed by atoms with E-state index >= 15 is 0 Å². The van der Waals surface area contributed by atoms with E-state index in [0.29, 0.717) is 25.3 Å². The van der Waals surface area contributed by atoms with Crippen LogP contribution < -0.4 is 10.6 Å². The molecule has 1 aromatic heterocycles. The summed E-state index contributed by atoms with van der Waals surface area (Å²) in [6.45, 7) is 3.22. The number of nitrogens with two attached hydrogens (primary N) is 1. The van der Waals surface area contributed by atoms with Crippen molar-refractivity contribution >= 4 is 11.6 Å². The molecule has 2 rings (SSSR count). The first kappa shape index (κ1) is 14.1. The Labute approximate surface area is 116 Å². The summed E-state index contributed by atoms with van der Waals surface area (Å²) in [7, 11) is 0. The highest BCUT2D eigenvalue weighted by Crippen LogP contribution is 2.16. The minimum Gasteiger partial charge on any atom is -0.329 e. The fraction of sp³-hybridized carbons (Fsp3) is 0.308. The SMILES string of the molecule is CCN(C(=O)c1cn(CCN)nn1)c1ccc(F)cc1. The molecule has 106 valence electrons. The van der Waals surface area contributed by atoms with Crippen molar-refractivity contribution in [3.05, 3.63) is 42.0 Å². The maximum absolute atomic E-state index is 12.9. The lowest BCUT2D eigenvalue weighted by Crippen LogP contribution is -2.30. The number of benzene rings is 1. The number of carbonyl (C=O) groups excluding carboxylic acids is 1. The summed E-state index contributed by atoms with van der Waals surface area (Å²) >= 11 is 0. The van der Waals surface area contributed by atoms with Crippen molar-refractivity contribution < 1.29 is 9.18 Å². The molecule has 0 saturated carbocycles. The second-order valence-electron chi connectivity index (χ2n) is 4.18. The molecule has 6 nitrogen and oxygen atoms in total. The van der Waals surface area contributed by atoms with Crippen molar-refractivity contribution in [2.24, 2.45) is 5.73 Å². The largest absolute Gasteiger partial charge is 0.329 e. The predicted molar refractivity (Wildman–Crippen MR) is 72.8 cm³/mol. The quantitative estimate of drug-likeness (QED) is 0.886. The third kappa shape index (κ3) is 3.00. The molecule has 0 fully saturated rings. The summed E-state index contributed by atoms with van der Waals surface area (Å²) in [5, 5.41) is 7.67. The Morgan fingerprint density at radius 3 is 2.70 bits per heavy atom. The van der Waals surface area contributed by atoms with E-state index in [1.807, 2.05) is 6.92 Å². The molecule has 0 aliphatic heterocycles. The molecule has 1 aromatic carbocycles. The van der Waals surface area contributed by atoms with Crippen molar-refractivity contribution in [1.29, 1.82) is 0 Å². The van der Waals surface area contributed by atoms with Gasteiger partial charge in [0.05, 0.1) is 12.7 Å². The van der Waals surface area contributed by atoms with E-state index in [1.165, 1.54) is 21.7 Å². The third-order valence-corrected chi connectivity index (χ3v) is 2.82. The lowest BCUT2D eigenvalue weighted by Gasteiger charge is -2.19. The van der Waals surface area contributed by atoms with Gasteiger partial charge in [-0.3, -0.25) is 9.48 Å². The lowest BCUT2D eigenvalue weighted by molar-refractivity contribution is 0.0983. The molecule has 2 aromatic rings. The first-order chi connectivity index (χ1) is 9.65. The summed E-state index contributed by atoms with van der Waals surface area (Å²) in [5.74, 6) is -0.617. The zero-order valence-electron chi connectivity index (χ0n) is 11.2. The zero-order valence-corrected chi connectivity index (χ0v) is 11.2. The number of nitrogens with zero attached hydrogens (tertiary/aromatic N) is 4. The molecule has 0 aliphatic rings. The van der Waals surface area contributed by atoms with Crippen LogP contribution in [-0.4, -0.2) is 34.0 Å². The highest BCUT2D eigenvalue weighted by atomic mass is 19.1. The van der Waals surface area contributed by atoms with E-state index in [-0.39, 0.29) is 17.4 Å². The van der Waals surface area contributed by atoms with Crippen molar-refractivity contribution in [1.82, 2.24) is 15.0 Å². The molecular formula is C13H16FN5O. The number of aromatic nitrogens is 3. The van der Waals surface area contributed by atoms with Crippen LogP contribution in [0.1, 0.15) is 17.4 Å². The monoisotopic (exact) mass is 277 g/mol. The van der Waals surface area contributed by atoms with Crippen LogP contribution in [0.15, 0.2) is 30.5 Å². The Balaban J connectivity index is 2.21. The van der Waals surface area contributed by atoms with Crippen LogP contribution in [-0.2, 0) is 6.54 Å². The Kier molecular flexibility index (Phi) is 4.41. The standard InChI is InChI=1S/C13H16FN5O/c1-2-19(11-5-3-10(14)4-6-11)13(20)12-9-18(8-7-15)17-16-12/h3-6,9H,2,7-8,15H2,1H3. The van der Waals surface area contributed by atoms with Crippen molar-refractivity contribution in [3.8, 4) is 0 Å². The number of anilines is 1. The van der Waals surface area contributed by atoms with Crippen LogP contribution in [0.4, 0.5) is 10.1 Å². The van der Waals surface area contributed by atoms with Crippen LogP contribution in [0.5, 0.6) is 0 Å². The average Bonchev–Trinajstić information content (AvgIpc) is 2.90. The molecule has 0 saturated heterocycles. The molecule has 0 radical (unpaired) electrons. The van der Waals surface area contributed by atoms with E-state index in [2.05, 4.69) is 10.3 Å². The van der Waals surface area contributed by atoms with E-state index in [0.717, 1.165) is 0 Å². The average molecular weight is 277 g/mol. The van der Waals surface area contributed by atoms with Crippen molar-refractivity contribution in [3.63, 3.8) is 0 Å². The number of hydrogen-bond acceptors (Lipinski definition) is 4. The topological polar surface area (TPSA) is 77.0 Å². The van der Waals surface area contributed by atoms with Crippen molar-refractivity contribution in [2.45, 2.75) is 13.5 Å². The van der Waals surface area contributed by atoms with Crippen molar-refractivity contribution in [2.75, 3.05) is 18.0 Å². The van der Waals surface area contributed by atoms with Gasteiger partial charge in [-0.1, -0.05) is 5.21 Å². The highest BCUT2D eigenvalue weighted by molar-refractivity contribution is 6.04. The van der Waals surface area contributed by atoms with Gasteiger partial charge in [-0.15, -0.1) is 5.10 Å². The van der Waals surface area contributed by atoms with Gasteiger partial charge in [-0.25, -0.2) is 4.39 Å². The zero-order chi connectivity index (χ0) is 14.5. The first-order valence-corrected chi connectivity index (χ1v) is 6.33. The van der Waals surface area contributed by atoms with Gasteiger partial charge in [0.1, 0.15) is 5.82 Å². The molecule has 0 unspecified atom stereocenters. The third-order valence-electron chi connectivity index (χ3n) is 2.82. The van der Waals surface area contributed by atoms with Gasteiger partial charge in [-0.05, 0) is 31.2 Å². The van der Waals surface area contributed by atoms with Crippen LogP contribution in [0.3, 0.4) is 0 Å². The Morgan fingerprint density at radius 2 is 2.10 bits per heavy atom. The normalized spacial score (nSPS) is 10.6. The van der Waals surface area contributed by atoms with E-state index in [4.69, 9.17) is 5.73 Å². The van der Waals surface area contributed by atoms with Crippen LogP contribution in [0.2, 0.25) is 0 Å². The number of rotatable bonds is 5. The second-order valence-corrected chi connectivity index (χ2v) is 4.18. The van der Waals surface area contributed by atoms with Crippen LogP contribution >= 0.6 is 0 Å². The number of hydrogen-bond donors (Lipinski definition) is 1. The summed E-state index contributed by atoms with van der Waals surface area (Å²) in [4.78, 5) is 13.9. The summed E-state index contributed by atoms with van der Waals surface area (Å²) < 4.78 is 14.4. The molecular weight excluding hydrogens is 261 g/mol. The number of amides is 1. The minimum atomic E-state index is -0.342. The molecule has 20 heavy (non-hydrogen) atoms. The molecule has 1 heterocycles. The molecule has 1 amide bonds. The Bertz CT molecular complexity index is 581. The van der Waals surface area contributed by atoms with E-state index < -0.39 is 0 Å². The molecule has 2 N–H and O–H groups in total. The van der Waals surface area contributed by atoms with Gasteiger partial charge in [0, 0.05) is 18.8 Å². The second kappa shape index (κ2) is 6.25. The number of halogens is 1. The lowest BCUT2D eigenvalue weighted by atomic mass is 10.2. The van der Waals surface area contributed by atoms with Crippen LogP contribution in [0.25, 0.3) is 0 Å². The van der Waals surface area contributed by atoms with Gasteiger partial charge >= 0.3 is 0 Å². The minimum absolute atomic E-state index is 0.240. The summed E-state index contributed by atoms with van der Waals surface area (Å²) in [5.41, 5.74) is 6.28. The first-order valence-electron chi connectivity index (χ1n) is 6.33. The molecule has 0 spiro atoms. The molecule has 0 atom stereocenters. The Morgan fingerprint density at radius 1 is 1.40 bits per heavy atom. The summed E-state index contributed by atoms with van der Waals surface area (Å²) in [6, 6.07) is 5.75. The summed E-state index contributed by atoms with van der Waals surface area (Å²) in [6.07, 6.45) is 1.56. The van der Waals surface area contributed by atoms with Crippen LogP contribution in [0, 0.1) is 5.82 Å². The molecule has 0 aliphatic carbocycles.